The van der Waals surface area contributed by atoms with Gasteiger partial charge in [0.05, 0.1) is 0 Å². The maximum absolute atomic E-state index is 3.64. The van der Waals surface area contributed by atoms with Crippen molar-refractivity contribution >= 4 is 17.4 Å². The first kappa shape index (κ1) is 12.4. The fourth-order valence-electron chi connectivity index (χ4n) is 3.00. The van der Waals surface area contributed by atoms with Gasteiger partial charge in [0.25, 0.3) is 0 Å². The number of hydrogen-bond acceptors (Lipinski definition) is 3. The first-order valence-corrected chi connectivity index (χ1v) is 8.22. The Kier molecular flexibility index (Phi) is 4.11. The Morgan fingerprint density at radius 3 is 3.11 bits per heavy atom. The summed E-state index contributed by atoms with van der Waals surface area (Å²) >= 11 is 2.11. The minimum atomic E-state index is 0.719. The zero-order chi connectivity index (χ0) is 12.2. The number of rotatable bonds is 1. The van der Waals surface area contributed by atoms with Crippen LogP contribution in [0.25, 0.3) is 0 Å². The van der Waals surface area contributed by atoms with Crippen LogP contribution in [0, 0.1) is 0 Å². The van der Waals surface area contributed by atoms with E-state index >= 15 is 0 Å². The summed E-state index contributed by atoms with van der Waals surface area (Å²) in [7, 11) is 0. The second-order valence-corrected chi connectivity index (χ2v) is 6.46. The molecule has 2 heterocycles. The fourth-order valence-corrected chi connectivity index (χ4v) is 3.91. The minimum Gasteiger partial charge on any atom is -0.383 e. The Bertz CT molecular complexity index is 359. The third kappa shape index (κ3) is 2.83. The fraction of sp³-hybridized carbons (Fsp3) is 0.600. The van der Waals surface area contributed by atoms with E-state index in [1.165, 1.54) is 55.1 Å². The molecule has 1 aromatic carbocycles. The van der Waals surface area contributed by atoms with Crippen molar-refractivity contribution in [1.82, 2.24) is 4.90 Å². The molecule has 2 aliphatic heterocycles. The van der Waals surface area contributed by atoms with Crippen LogP contribution in [0.15, 0.2) is 24.3 Å². The minimum absolute atomic E-state index is 0.719. The Morgan fingerprint density at radius 1 is 1.17 bits per heavy atom. The van der Waals surface area contributed by atoms with Gasteiger partial charge in [-0.25, -0.2) is 0 Å². The number of para-hydroxylation sites is 1. The van der Waals surface area contributed by atoms with Gasteiger partial charge in [-0.05, 0) is 43.2 Å². The van der Waals surface area contributed by atoms with Crippen LogP contribution in [0.3, 0.4) is 0 Å². The van der Waals surface area contributed by atoms with E-state index in [0.717, 1.165) is 12.6 Å². The average Bonchev–Trinajstić information content (AvgIpc) is 2.79. The molecule has 1 N–H and O–H groups in total. The summed E-state index contributed by atoms with van der Waals surface area (Å²) in [5.74, 6) is 2.65. The number of thioether (sulfide) groups is 1. The largest absolute Gasteiger partial charge is 0.383 e. The number of nitrogens with one attached hydrogen (secondary N) is 1. The predicted molar refractivity (Wildman–Crippen MR) is 80.6 cm³/mol. The zero-order valence-corrected chi connectivity index (χ0v) is 11.7. The summed E-state index contributed by atoms with van der Waals surface area (Å²) in [6.07, 6.45) is 3.88. The maximum Gasteiger partial charge on any atom is 0.0373 e. The normalized spacial score (nSPS) is 25.7. The second kappa shape index (κ2) is 5.98. The van der Waals surface area contributed by atoms with Crippen LogP contribution < -0.4 is 5.32 Å². The molecule has 0 bridgehead atoms. The highest BCUT2D eigenvalue weighted by Crippen LogP contribution is 2.24. The van der Waals surface area contributed by atoms with Gasteiger partial charge in [-0.2, -0.15) is 11.8 Å². The van der Waals surface area contributed by atoms with Crippen molar-refractivity contribution in [3.63, 3.8) is 0 Å². The summed E-state index contributed by atoms with van der Waals surface area (Å²) in [6.45, 7) is 3.67. The smallest absolute Gasteiger partial charge is 0.0373 e. The lowest BCUT2D eigenvalue weighted by molar-refractivity contribution is 0.211. The summed E-state index contributed by atoms with van der Waals surface area (Å²) in [6, 6.07) is 9.49. The van der Waals surface area contributed by atoms with Gasteiger partial charge < -0.3 is 5.32 Å². The van der Waals surface area contributed by atoms with Crippen LogP contribution in [0.4, 0.5) is 5.69 Å². The van der Waals surface area contributed by atoms with E-state index in [1.54, 1.807) is 0 Å². The van der Waals surface area contributed by atoms with E-state index in [1.807, 2.05) is 0 Å². The monoisotopic (exact) mass is 262 g/mol. The molecule has 0 saturated carbocycles. The molecule has 0 aromatic heterocycles. The van der Waals surface area contributed by atoms with Gasteiger partial charge in [-0.3, -0.25) is 4.90 Å². The summed E-state index contributed by atoms with van der Waals surface area (Å²) < 4.78 is 0. The zero-order valence-electron chi connectivity index (χ0n) is 10.9. The molecule has 3 rings (SSSR count). The third-order valence-corrected chi connectivity index (χ3v) is 5.11. The molecule has 0 radical (unpaired) electrons. The van der Waals surface area contributed by atoms with Crippen LogP contribution >= 0.6 is 11.8 Å². The van der Waals surface area contributed by atoms with Crippen LogP contribution in [-0.2, 0) is 6.42 Å². The maximum atomic E-state index is 3.64. The SMILES string of the molecule is c1ccc2c(c1)CCC(N1CCCSCC1)CN2. The Morgan fingerprint density at radius 2 is 2.11 bits per heavy atom. The molecule has 1 fully saturated rings. The molecule has 1 atom stereocenters. The molecule has 18 heavy (non-hydrogen) atoms. The third-order valence-electron chi connectivity index (χ3n) is 4.07. The van der Waals surface area contributed by atoms with Gasteiger partial charge in [0.15, 0.2) is 0 Å². The molecule has 0 aliphatic carbocycles. The summed E-state index contributed by atoms with van der Waals surface area (Å²) in [5, 5.41) is 3.64. The molecule has 98 valence electrons. The van der Waals surface area contributed by atoms with E-state index in [-0.39, 0.29) is 0 Å². The highest BCUT2D eigenvalue weighted by atomic mass is 32.2. The van der Waals surface area contributed by atoms with Gasteiger partial charge in [0.2, 0.25) is 0 Å². The number of benzene rings is 1. The number of anilines is 1. The van der Waals surface area contributed by atoms with Gasteiger partial charge >= 0.3 is 0 Å². The van der Waals surface area contributed by atoms with Crippen molar-refractivity contribution in [3.05, 3.63) is 29.8 Å². The van der Waals surface area contributed by atoms with E-state index in [2.05, 4.69) is 46.2 Å². The molecule has 1 unspecified atom stereocenters. The lowest BCUT2D eigenvalue weighted by Gasteiger charge is -2.29. The van der Waals surface area contributed by atoms with Crippen LogP contribution in [0.1, 0.15) is 18.4 Å². The van der Waals surface area contributed by atoms with Gasteiger partial charge in [-0.1, -0.05) is 18.2 Å². The molecule has 2 nitrogen and oxygen atoms in total. The first-order valence-electron chi connectivity index (χ1n) is 7.07. The number of aryl methyl sites for hydroxylation is 1. The van der Waals surface area contributed by atoms with Crippen molar-refractivity contribution in [2.24, 2.45) is 0 Å². The van der Waals surface area contributed by atoms with Crippen molar-refractivity contribution in [3.8, 4) is 0 Å². The van der Waals surface area contributed by atoms with Crippen molar-refractivity contribution < 1.29 is 0 Å². The molecular weight excluding hydrogens is 240 g/mol. The highest BCUT2D eigenvalue weighted by Gasteiger charge is 2.22. The van der Waals surface area contributed by atoms with E-state index in [0.29, 0.717) is 0 Å². The Balaban J connectivity index is 1.66. The molecule has 2 aliphatic rings. The quantitative estimate of drug-likeness (QED) is 0.838. The molecule has 0 spiro atoms. The number of fused-ring (bicyclic) bond motifs is 1. The predicted octanol–water partition coefficient (Wildman–Crippen LogP) is 2.85. The Labute approximate surface area is 114 Å². The van der Waals surface area contributed by atoms with E-state index in [4.69, 9.17) is 0 Å². The standard InChI is InChI=1S/C15H22N2S/c1-2-5-15-13(4-1)6-7-14(12-16-15)17-8-3-10-18-11-9-17/h1-2,4-5,14,16H,3,6-12H2. The lowest BCUT2D eigenvalue weighted by Crippen LogP contribution is -2.41. The van der Waals surface area contributed by atoms with Gasteiger partial charge in [-0.15, -0.1) is 0 Å². The topological polar surface area (TPSA) is 15.3 Å². The second-order valence-electron chi connectivity index (χ2n) is 5.23. The van der Waals surface area contributed by atoms with Crippen molar-refractivity contribution in [2.45, 2.75) is 25.3 Å². The van der Waals surface area contributed by atoms with Gasteiger partial charge in [0, 0.05) is 30.6 Å². The molecule has 1 aromatic rings. The molecular formula is C15H22N2S. The number of hydrogen-bond donors (Lipinski definition) is 1. The van der Waals surface area contributed by atoms with Crippen LogP contribution in [0.2, 0.25) is 0 Å². The first-order chi connectivity index (χ1) is 8.93. The number of nitrogens with zero attached hydrogens (tertiary/aromatic N) is 1. The van der Waals surface area contributed by atoms with Crippen molar-refractivity contribution in [2.75, 3.05) is 36.5 Å². The summed E-state index contributed by atoms with van der Waals surface area (Å²) in [4.78, 5) is 2.71. The molecule has 1 saturated heterocycles. The van der Waals surface area contributed by atoms with E-state index < -0.39 is 0 Å². The van der Waals surface area contributed by atoms with E-state index in [9.17, 15) is 0 Å². The van der Waals surface area contributed by atoms with Gasteiger partial charge in [0.1, 0.15) is 0 Å². The van der Waals surface area contributed by atoms with Crippen LogP contribution in [-0.4, -0.2) is 42.1 Å². The average molecular weight is 262 g/mol. The van der Waals surface area contributed by atoms with Crippen LogP contribution in [0.5, 0.6) is 0 Å². The highest BCUT2D eigenvalue weighted by molar-refractivity contribution is 7.99. The molecule has 3 heteroatoms. The molecule has 0 amide bonds. The Hall–Kier alpha value is -0.670. The lowest BCUT2D eigenvalue weighted by atomic mass is 10.1. The summed E-state index contributed by atoms with van der Waals surface area (Å²) in [5.41, 5.74) is 2.84. The van der Waals surface area contributed by atoms with Crippen molar-refractivity contribution in [1.29, 1.82) is 0 Å².